The Morgan fingerprint density at radius 2 is 1.60 bits per heavy atom. The number of rotatable bonds is 12. The molecule has 0 aromatic heterocycles. The fraction of sp³-hybridized carbons (Fsp3) is 0.731. The highest BCUT2D eigenvalue weighted by molar-refractivity contribution is 5.69. The first kappa shape index (κ1) is 23.2. The molecule has 0 aliphatic carbocycles. The molecule has 0 spiro atoms. The molecule has 2 bridgehead atoms. The van der Waals surface area contributed by atoms with Gasteiger partial charge >= 0.3 is 5.97 Å². The number of nitrogens with zero attached hydrogens (tertiary/aromatic N) is 1. The maximum Gasteiger partial charge on any atom is 0.306 e. The fourth-order valence-electron chi connectivity index (χ4n) is 5.36. The van der Waals surface area contributed by atoms with E-state index < -0.39 is 0 Å². The van der Waals surface area contributed by atoms with E-state index in [2.05, 4.69) is 18.9 Å². The van der Waals surface area contributed by atoms with Crippen LogP contribution in [0.3, 0.4) is 0 Å². The number of ether oxygens (including phenoxy) is 1. The Balaban J connectivity index is 1.35. The summed E-state index contributed by atoms with van der Waals surface area (Å²) in [7, 11) is 2.16. The highest BCUT2D eigenvalue weighted by Crippen LogP contribution is 2.43. The van der Waals surface area contributed by atoms with Crippen molar-refractivity contribution in [2.45, 2.75) is 114 Å². The Kier molecular flexibility index (Phi) is 9.17. The number of esters is 1. The first-order valence-electron chi connectivity index (χ1n) is 12.3. The Morgan fingerprint density at radius 1 is 0.967 bits per heavy atom. The van der Waals surface area contributed by atoms with Crippen molar-refractivity contribution in [1.82, 2.24) is 4.90 Å². The number of unbranched alkanes of at least 4 members (excludes halogenated alkanes) is 8. The monoisotopic (exact) mass is 417 g/mol. The predicted molar refractivity (Wildman–Crippen MR) is 120 cm³/mol. The third kappa shape index (κ3) is 6.54. The molecule has 1 aromatic rings. The lowest BCUT2D eigenvalue weighted by Crippen LogP contribution is -2.42. The molecule has 0 radical (unpaired) electrons. The van der Waals surface area contributed by atoms with E-state index >= 15 is 0 Å². The summed E-state index contributed by atoms with van der Waals surface area (Å²) in [6.45, 7) is 2.25. The maximum absolute atomic E-state index is 13.3. The van der Waals surface area contributed by atoms with Gasteiger partial charge in [0.05, 0.1) is 0 Å². The van der Waals surface area contributed by atoms with Crippen LogP contribution in [0.25, 0.3) is 0 Å². The second-order valence-corrected chi connectivity index (χ2v) is 9.45. The molecule has 0 N–H and O–H groups in total. The molecule has 3 rings (SSSR count). The van der Waals surface area contributed by atoms with Gasteiger partial charge in [-0.2, -0.15) is 0 Å². The lowest BCUT2D eigenvalue weighted by molar-refractivity contribution is -0.150. The Morgan fingerprint density at radius 3 is 2.27 bits per heavy atom. The van der Waals surface area contributed by atoms with Crippen molar-refractivity contribution in [2.75, 3.05) is 7.05 Å². The standard InChI is InChI=1S/C26H40FNO2/c1-3-4-5-6-7-8-9-10-11-12-26(29)30-25-19-23-17-21(18-24(25)28(23)2)20-13-15-22(27)16-14-20/h13-16,21,23-25H,3-12,17-19H2,1-2H3/t21-,23+,24+,25+/m0/s1. The normalized spacial score (nSPS) is 26.1. The van der Waals surface area contributed by atoms with Gasteiger partial charge in [-0.3, -0.25) is 9.69 Å². The molecule has 0 amide bonds. The third-order valence-corrected chi connectivity index (χ3v) is 7.22. The average Bonchev–Trinajstić information content (AvgIpc) is 2.89. The first-order chi connectivity index (χ1) is 14.6. The highest BCUT2D eigenvalue weighted by atomic mass is 19.1. The number of carbonyl (C=O) groups is 1. The summed E-state index contributed by atoms with van der Waals surface area (Å²) in [4.78, 5) is 14.8. The van der Waals surface area contributed by atoms with Crippen LogP contribution in [0.2, 0.25) is 0 Å². The number of fused-ring (bicyclic) bond motifs is 2. The second-order valence-electron chi connectivity index (χ2n) is 9.45. The third-order valence-electron chi connectivity index (χ3n) is 7.22. The van der Waals surface area contributed by atoms with Crippen LogP contribution in [-0.2, 0) is 9.53 Å². The predicted octanol–water partition coefficient (Wildman–Crippen LogP) is 6.61. The zero-order valence-electron chi connectivity index (χ0n) is 19.0. The molecule has 2 heterocycles. The largest absolute Gasteiger partial charge is 0.461 e. The van der Waals surface area contributed by atoms with Crippen LogP contribution in [-0.4, -0.2) is 36.1 Å². The van der Waals surface area contributed by atoms with E-state index in [0.29, 0.717) is 18.4 Å². The zero-order chi connectivity index (χ0) is 21.3. The molecule has 30 heavy (non-hydrogen) atoms. The van der Waals surface area contributed by atoms with Crippen LogP contribution in [0.4, 0.5) is 4.39 Å². The SMILES string of the molecule is CCCCCCCCCCCC(=O)O[C@@H]1C[C@H]2C[C@H](c3ccc(F)cc3)C[C@H]1N2C. The van der Waals surface area contributed by atoms with Gasteiger partial charge < -0.3 is 4.74 Å². The van der Waals surface area contributed by atoms with Crippen LogP contribution >= 0.6 is 0 Å². The van der Waals surface area contributed by atoms with E-state index in [1.54, 1.807) is 12.1 Å². The molecule has 1 aromatic carbocycles. The Bertz CT molecular complexity index is 647. The smallest absolute Gasteiger partial charge is 0.306 e. The molecule has 2 aliphatic rings. The summed E-state index contributed by atoms with van der Waals surface area (Å²) in [6.07, 6.45) is 14.8. The number of hydrogen-bond acceptors (Lipinski definition) is 3. The van der Waals surface area contributed by atoms with Crippen molar-refractivity contribution in [2.24, 2.45) is 0 Å². The lowest BCUT2D eigenvalue weighted by Gasteiger charge is -2.37. The van der Waals surface area contributed by atoms with Gasteiger partial charge in [0, 0.05) is 24.9 Å². The number of carbonyl (C=O) groups excluding carboxylic acids is 1. The summed E-state index contributed by atoms with van der Waals surface area (Å²) < 4.78 is 19.2. The highest BCUT2D eigenvalue weighted by Gasteiger charge is 2.46. The Labute approximate surface area is 182 Å². The second kappa shape index (κ2) is 11.8. The summed E-state index contributed by atoms with van der Waals surface area (Å²) in [5.41, 5.74) is 1.21. The topological polar surface area (TPSA) is 29.5 Å². The molecule has 3 nitrogen and oxygen atoms in total. The summed E-state index contributed by atoms with van der Waals surface area (Å²) in [6, 6.07) is 7.66. The van der Waals surface area contributed by atoms with Gasteiger partial charge in [-0.25, -0.2) is 4.39 Å². The molecular formula is C26H40FNO2. The minimum atomic E-state index is -0.182. The fourth-order valence-corrected chi connectivity index (χ4v) is 5.36. The quantitative estimate of drug-likeness (QED) is 0.283. The summed E-state index contributed by atoms with van der Waals surface area (Å²) in [5.74, 6) is 0.220. The van der Waals surface area contributed by atoms with Gasteiger partial charge in [0.2, 0.25) is 0 Å². The lowest BCUT2D eigenvalue weighted by atomic mass is 9.85. The van der Waals surface area contributed by atoms with E-state index in [-0.39, 0.29) is 23.9 Å². The van der Waals surface area contributed by atoms with E-state index in [0.717, 1.165) is 32.1 Å². The molecule has 0 unspecified atom stereocenters. The molecule has 4 atom stereocenters. The molecule has 2 saturated heterocycles. The summed E-state index contributed by atoms with van der Waals surface area (Å²) >= 11 is 0. The van der Waals surface area contributed by atoms with Crippen molar-refractivity contribution in [3.05, 3.63) is 35.6 Å². The van der Waals surface area contributed by atoms with Gasteiger partial charge in [0.15, 0.2) is 0 Å². The van der Waals surface area contributed by atoms with Gasteiger partial charge in [-0.15, -0.1) is 0 Å². The Hall–Kier alpha value is -1.42. The minimum Gasteiger partial charge on any atom is -0.461 e. The van der Waals surface area contributed by atoms with Crippen LogP contribution in [0, 0.1) is 5.82 Å². The van der Waals surface area contributed by atoms with E-state index in [9.17, 15) is 9.18 Å². The molecule has 4 heteroatoms. The number of benzene rings is 1. The molecular weight excluding hydrogens is 377 g/mol. The number of piperidine rings is 1. The number of hydrogen-bond donors (Lipinski definition) is 0. The van der Waals surface area contributed by atoms with Crippen molar-refractivity contribution >= 4 is 5.97 Å². The first-order valence-corrected chi connectivity index (χ1v) is 12.3. The van der Waals surface area contributed by atoms with E-state index in [1.807, 2.05) is 12.1 Å². The molecule has 168 valence electrons. The zero-order valence-corrected chi connectivity index (χ0v) is 19.0. The molecule has 2 aliphatic heterocycles. The van der Waals surface area contributed by atoms with Crippen LogP contribution in [0.1, 0.15) is 102 Å². The van der Waals surface area contributed by atoms with Gasteiger partial charge in [-0.1, -0.05) is 70.4 Å². The van der Waals surface area contributed by atoms with E-state index in [4.69, 9.17) is 4.74 Å². The number of likely N-dealkylation sites (N-methyl/N-ethyl adjacent to an activating group) is 1. The van der Waals surface area contributed by atoms with Crippen LogP contribution in [0.15, 0.2) is 24.3 Å². The average molecular weight is 418 g/mol. The maximum atomic E-state index is 13.3. The van der Waals surface area contributed by atoms with Gasteiger partial charge in [0.1, 0.15) is 11.9 Å². The summed E-state index contributed by atoms with van der Waals surface area (Å²) in [5, 5.41) is 0. The van der Waals surface area contributed by atoms with Crippen molar-refractivity contribution < 1.29 is 13.9 Å². The minimum absolute atomic E-state index is 0.0107. The number of halogens is 1. The molecule has 2 fully saturated rings. The molecule has 0 saturated carbocycles. The van der Waals surface area contributed by atoms with Crippen molar-refractivity contribution in [1.29, 1.82) is 0 Å². The van der Waals surface area contributed by atoms with Crippen LogP contribution in [0.5, 0.6) is 0 Å². The van der Waals surface area contributed by atoms with E-state index in [1.165, 1.54) is 50.5 Å². The van der Waals surface area contributed by atoms with Crippen LogP contribution < -0.4 is 0 Å². The van der Waals surface area contributed by atoms with Crippen molar-refractivity contribution in [3.63, 3.8) is 0 Å². The van der Waals surface area contributed by atoms with Gasteiger partial charge in [-0.05, 0) is 49.9 Å². The van der Waals surface area contributed by atoms with Gasteiger partial charge in [0.25, 0.3) is 0 Å². The van der Waals surface area contributed by atoms with Crippen molar-refractivity contribution in [3.8, 4) is 0 Å².